The molecule has 1 fully saturated rings. The van der Waals surface area contributed by atoms with Gasteiger partial charge in [0.2, 0.25) is 5.91 Å². The van der Waals surface area contributed by atoms with E-state index in [1.165, 1.54) is 0 Å². The van der Waals surface area contributed by atoms with Crippen LogP contribution in [0.25, 0.3) is 0 Å². The second-order valence-corrected chi connectivity index (χ2v) is 6.94. The lowest BCUT2D eigenvalue weighted by Crippen LogP contribution is -2.29. The maximum absolute atomic E-state index is 12.3. The highest BCUT2D eigenvalue weighted by molar-refractivity contribution is 9.10. The molecule has 2 atom stereocenters. The monoisotopic (exact) mass is 329 g/mol. The highest BCUT2D eigenvalue weighted by Gasteiger charge is 2.33. The second-order valence-electron chi connectivity index (χ2n) is 4.38. The van der Waals surface area contributed by atoms with Crippen molar-refractivity contribution in [2.24, 2.45) is 0 Å². The average molecular weight is 330 g/mol. The van der Waals surface area contributed by atoms with Crippen molar-refractivity contribution in [3.63, 3.8) is 0 Å². The zero-order valence-electron chi connectivity index (χ0n) is 10.2. The first-order valence-electron chi connectivity index (χ1n) is 5.95. The van der Waals surface area contributed by atoms with Crippen molar-refractivity contribution in [2.45, 2.75) is 23.8 Å². The smallest absolute Gasteiger partial charge is 0.240 e. The third kappa shape index (κ3) is 3.08. The molecule has 5 heteroatoms. The van der Waals surface area contributed by atoms with Gasteiger partial charge in [0.05, 0.1) is 11.9 Å². The largest absolute Gasteiger partial charge is 0.395 e. The van der Waals surface area contributed by atoms with Crippen LogP contribution < -0.4 is 4.90 Å². The van der Waals surface area contributed by atoms with Crippen molar-refractivity contribution in [3.05, 3.63) is 28.7 Å². The van der Waals surface area contributed by atoms with E-state index in [2.05, 4.69) is 15.9 Å². The molecule has 1 aliphatic heterocycles. The number of thioether (sulfide) groups is 1. The number of carbonyl (C=O) groups is 1. The number of nitrogens with zero attached hydrogens (tertiary/aromatic N) is 1. The summed E-state index contributed by atoms with van der Waals surface area (Å²) in [5, 5.41) is 9.14. The maximum atomic E-state index is 12.3. The average Bonchev–Trinajstić information content (AvgIpc) is 2.71. The Morgan fingerprint density at radius 2 is 2.39 bits per heavy atom. The van der Waals surface area contributed by atoms with Gasteiger partial charge in [0.15, 0.2) is 0 Å². The van der Waals surface area contributed by atoms with Crippen LogP contribution in [0.15, 0.2) is 28.7 Å². The number of carbonyl (C=O) groups excluding carboxylic acids is 1. The Labute approximate surface area is 120 Å². The lowest BCUT2D eigenvalue weighted by molar-refractivity contribution is -0.116. The topological polar surface area (TPSA) is 40.5 Å². The van der Waals surface area contributed by atoms with Gasteiger partial charge in [-0.1, -0.05) is 28.9 Å². The number of rotatable bonds is 4. The van der Waals surface area contributed by atoms with Crippen LogP contribution >= 0.6 is 27.7 Å². The van der Waals surface area contributed by atoms with Gasteiger partial charge in [-0.15, -0.1) is 11.8 Å². The molecule has 0 unspecified atom stereocenters. The van der Waals surface area contributed by atoms with Crippen LogP contribution in [-0.4, -0.2) is 34.7 Å². The molecule has 0 aromatic heterocycles. The number of hydrogen-bond donors (Lipinski definition) is 1. The summed E-state index contributed by atoms with van der Waals surface area (Å²) in [5.74, 6) is 0.151. The Bertz CT molecular complexity index is 441. The SMILES string of the molecule is C[C@@H](CO)S[C@@H]1CCN(c2cccc(Br)c2)C1=O. The van der Waals surface area contributed by atoms with Crippen LogP contribution in [0.4, 0.5) is 5.69 Å². The molecular formula is C13H16BrNO2S. The second kappa shape index (κ2) is 6.08. The first-order chi connectivity index (χ1) is 8.61. The highest BCUT2D eigenvalue weighted by Crippen LogP contribution is 2.31. The molecule has 1 N–H and O–H groups in total. The van der Waals surface area contributed by atoms with Crippen molar-refractivity contribution in [1.82, 2.24) is 0 Å². The van der Waals surface area contributed by atoms with E-state index < -0.39 is 0 Å². The standard InChI is InChI=1S/C13H16BrNO2S/c1-9(8-16)18-12-5-6-15(13(12)17)11-4-2-3-10(14)7-11/h2-4,7,9,12,16H,5-6,8H2,1H3/t9-,12+/m0/s1. The minimum atomic E-state index is -0.0221. The van der Waals surface area contributed by atoms with Crippen LogP contribution in [0, 0.1) is 0 Å². The normalized spacial score (nSPS) is 21.4. The first-order valence-corrected chi connectivity index (χ1v) is 7.68. The Morgan fingerprint density at radius 1 is 1.61 bits per heavy atom. The quantitative estimate of drug-likeness (QED) is 0.923. The number of halogens is 1. The number of aliphatic hydroxyl groups excluding tert-OH is 1. The molecule has 3 nitrogen and oxygen atoms in total. The van der Waals surface area contributed by atoms with E-state index in [-0.39, 0.29) is 23.0 Å². The lowest BCUT2D eigenvalue weighted by Gasteiger charge is -2.18. The van der Waals surface area contributed by atoms with Gasteiger partial charge in [-0.25, -0.2) is 0 Å². The third-order valence-corrected chi connectivity index (χ3v) is 4.80. The summed E-state index contributed by atoms with van der Waals surface area (Å²) in [6, 6.07) is 7.79. The van der Waals surface area contributed by atoms with E-state index in [4.69, 9.17) is 5.11 Å². The van der Waals surface area contributed by atoms with Gasteiger partial charge in [-0.2, -0.15) is 0 Å². The van der Waals surface area contributed by atoms with E-state index in [1.807, 2.05) is 36.1 Å². The molecule has 0 bridgehead atoms. The molecular weight excluding hydrogens is 314 g/mol. The summed E-state index contributed by atoms with van der Waals surface area (Å²) in [6.45, 7) is 2.82. The van der Waals surface area contributed by atoms with Crippen molar-refractivity contribution < 1.29 is 9.90 Å². The van der Waals surface area contributed by atoms with Gasteiger partial charge in [0.1, 0.15) is 0 Å². The Hall–Kier alpha value is -0.520. The summed E-state index contributed by atoms with van der Waals surface area (Å²) >= 11 is 4.98. The molecule has 1 heterocycles. The maximum Gasteiger partial charge on any atom is 0.240 e. The van der Waals surface area contributed by atoms with E-state index >= 15 is 0 Å². The Morgan fingerprint density at radius 3 is 3.06 bits per heavy atom. The summed E-state index contributed by atoms with van der Waals surface area (Å²) in [5.41, 5.74) is 0.939. The third-order valence-electron chi connectivity index (χ3n) is 2.93. The molecule has 1 aromatic rings. The molecule has 1 amide bonds. The molecule has 1 aromatic carbocycles. The van der Waals surface area contributed by atoms with Crippen LogP contribution in [0.3, 0.4) is 0 Å². The molecule has 1 saturated heterocycles. The lowest BCUT2D eigenvalue weighted by atomic mass is 10.3. The zero-order valence-corrected chi connectivity index (χ0v) is 12.6. The Kier molecular flexibility index (Phi) is 4.70. The molecule has 0 spiro atoms. The summed E-state index contributed by atoms with van der Waals surface area (Å²) in [7, 11) is 0. The predicted molar refractivity (Wildman–Crippen MR) is 79.0 cm³/mol. The van der Waals surface area contributed by atoms with Crippen LogP contribution in [0.2, 0.25) is 0 Å². The number of hydrogen-bond acceptors (Lipinski definition) is 3. The Balaban J connectivity index is 2.07. The van der Waals surface area contributed by atoms with Crippen molar-refractivity contribution in [1.29, 1.82) is 0 Å². The van der Waals surface area contributed by atoms with Gasteiger partial charge in [0.25, 0.3) is 0 Å². The molecule has 0 saturated carbocycles. The van der Waals surface area contributed by atoms with Gasteiger partial charge >= 0.3 is 0 Å². The minimum absolute atomic E-state index is 0.0221. The highest BCUT2D eigenvalue weighted by atomic mass is 79.9. The van der Waals surface area contributed by atoms with E-state index in [9.17, 15) is 4.79 Å². The molecule has 18 heavy (non-hydrogen) atoms. The molecule has 1 aliphatic rings. The molecule has 0 aliphatic carbocycles. The van der Waals surface area contributed by atoms with Crippen molar-refractivity contribution >= 4 is 39.3 Å². The molecule has 98 valence electrons. The number of amides is 1. The zero-order chi connectivity index (χ0) is 13.1. The van der Waals surface area contributed by atoms with Crippen LogP contribution in [0.1, 0.15) is 13.3 Å². The fraction of sp³-hybridized carbons (Fsp3) is 0.462. The van der Waals surface area contributed by atoms with Gasteiger partial charge < -0.3 is 10.0 Å². The fourth-order valence-corrected chi connectivity index (χ4v) is 3.52. The summed E-state index contributed by atoms with van der Waals surface area (Å²) < 4.78 is 0.979. The van der Waals surface area contributed by atoms with Gasteiger partial charge in [0, 0.05) is 22.0 Å². The van der Waals surface area contributed by atoms with E-state index in [0.717, 1.165) is 23.1 Å². The molecule has 0 radical (unpaired) electrons. The van der Waals surface area contributed by atoms with Crippen LogP contribution in [0.5, 0.6) is 0 Å². The van der Waals surface area contributed by atoms with E-state index in [1.54, 1.807) is 11.8 Å². The van der Waals surface area contributed by atoms with Gasteiger partial charge in [-0.05, 0) is 24.6 Å². The number of anilines is 1. The summed E-state index contributed by atoms with van der Waals surface area (Å²) in [4.78, 5) is 14.1. The minimum Gasteiger partial charge on any atom is -0.395 e. The predicted octanol–water partition coefficient (Wildman–Crippen LogP) is 2.67. The molecule has 2 rings (SSSR count). The van der Waals surface area contributed by atoms with Crippen LogP contribution in [-0.2, 0) is 4.79 Å². The van der Waals surface area contributed by atoms with E-state index in [0.29, 0.717) is 0 Å². The first kappa shape index (κ1) is 13.9. The van der Waals surface area contributed by atoms with Crippen molar-refractivity contribution in [3.8, 4) is 0 Å². The van der Waals surface area contributed by atoms with Crippen molar-refractivity contribution in [2.75, 3.05) is 18.1 Å². The number of aliphatic hydroxyl groups is 1. The van der Waals surface area contributed by atoms with Gasteiger partial charge in [-0.3, -0.25) is 4.79 Å². The fourth-order valence-electron chi connectivity index (χ4n) is 2.00. The summed E-state index contributed by atoms with van der Waals surface area (Å²) in [6.07, 6.45) is 0.848. The number of benzene rings is 1.